The normalized spacial score (nSPS) is 17.9. The van der Waals surface area contributed by atoms with Gasteiger partial charge in [-0.25, -0.2) is 0 Å². The first-order valence-corrected chi connectivity index (χ1v) is 6.52. The van der Waals surface area contributed by atoms with Gasteiger partial charge in [0.05, 0.1) is 6.04 Å². The van der Waals surface area contributed by atoms with Crippen molar-refractivity contribution >= 4 is 5.91 Å². The Labute approximate surface area is 112 Å². The zero-order valence-corrected chi connectivity index (χ0v) is 10.9. The van der Waals surface area contributed by atoms with Crippen molar-refractivity contribution in [2.75, 3.05) is 6.54 Å². The summed E-state index contributed by atoms with van der Waals surface area (Å²) in [6.07, 6.45) is 4.53. The van der Waals surface area contributed by atoms with Crippen molar-refractivity contribution in [3.63, 3.8) is 0 Å². The first-order valence-electron chi connectivity index (χ1n) is 6.52. The molecule has 1 aliphatic rings. The summed E-state index contributed by atoms with van der Waals surface area (Å²) >= 11 is 0. The fraction of sp³-hybridized carbons (Fsp3) is 0.250. The number of aromatic nitrogens is 1. The van der Waals surface area contributed by atoms with E-state index in [-0.39, 0.29) is 11.9 Å². The van der Waals surface area contributed by atoms with Crippen LogP contribution in [-0.4, -0.2) is 22.3 Å². The Morgan fingerprint density at radius 2 is 2.11 bits per heavy atom. The number of pyridine rings is 1. The second-order valence-corrected chi connectivity index (χ2v) is 4.85. The maximum atomic E-state index is 11.9. The lowest BCUT2D eigenvalue weighted by molar-refractivity contribution is -0.130. The summed E-state index contributed by atoms with van der Waals surface area (Å²) < 4.78 is 0. The van der Waals surface area contributed by atoms with Crippen LogP contribution in [-0.2, 0) is 11.2 Å². The Balaban J connectivity index is 2.13. The highest BCUT2D eigenvalue weighted by Gasteiger charge is 2.29. The van der Waals surface area contributed by atoms with E-state index in [1.807, 2.05) is 29.3 Å². The SMILES string of the molecule is CC(=O)N1CCc2ccccc2C1c1cccnc1. The van der Waals surface area contributed by atoms with Gasteiger partial charge in [0, 0.05) is 25.9 Å². The molecule has 3 heteroatoms. The van der Waals surface area contributed by atoms with Crippen molar-refractivity contribution in [3.05, 3.63) is 65.5 Å². The highest BCUT2D eigenvalue weighted by Crippen LogP contribution is 2.34. The summed E-state index contributed by atoms with van der Waals surface area (Å²) in [5.74, 6) is 0.114. The van der Waals surface area contributed by atoms with Gasteiger partial charge in [0.1, 0.15) is 0 Å². The number of rotatable bonds is 1. The van der Waals surface area contributed by atoms with Crippen LogP contribution < -0.4 is 0 Å². The third-order valence-corrected chi connectivity index (χ3v) is 3.69. The van der Waals surface area contributed by atoms with Crippen molar-refractivity contribution in [2.24, 2.45) is 0 Å². The van der Waals surface area contributed by atoms with Crippen LogP contribution in [0.15, 0.2) is 48.8 Å². The molecule has 1 atom stereocenters. The molecule has 1 aliphatic heterocycles. The maximum absolute atomic E-state index is 11.9. The second kappa shape index (κ2) is 4.84. The Kier molecular flexibility index (Phi) is 3.03. The van der Waals surface area contributed by atoms with E-state index in [0.717, 1.165) is 18.5 Å². The van der Waals surface area contributed by atoms with E-state index in [0.29, 0.717) is 0 Å². The number of hydrogen-bond donors (Lipinski definition) is 0. The van der Waals surface area contributed by atoms with Gasteiger partial charge in [0.25, 0.3) is 0 Å². The van der Waals surface area contributed by atoms with Gasteiger partial charge in [-0.2, -0.15) is 0 Å². The molecule has 0 radical (unpaired) electrons. The Morgan fingerprint density at radius 3 is 2.84 bits per heavy atom. The lowest BCUT2D eigenvalue weighted by Crippen LogP contribution is -2.39. The van der Waals surface area contributed by atoms with Crippen LogP contribution in [0, 0.1) is 0 Å². The smallest absolute Gasteiger partial charge is 0.220 e. The summed E-state index contributed by atoms with van der Waals surface area (Å²) in [7, 11) is 0. The molecule has 3 rings (SSSR count). The standard InChI is InChI=1S/C16H16N2O/c1-12(19)18-10-8-13-5-2-3-7-15(13)16(18)14-6-4-9-17-11-14/h2-7,9,11,16H,8,10H2,1H3. The zero-order valence-electron chi connectivity index (χ0n) is 10.9. The maximum Gasteiger partial charge on any atom is 0.220 e. The van der Waals surface area contributed by atoms with E-state index in [2.05, 4.69) is 23.2 Å². The Bertz CT molecular complexity index is 595. The van der Waals surface area contributed by atoms with E-state index < -0.39 is 0 Å². The molecule has 0 fully saturated rings. The van der Waals surface area contributed by atoms with Crippen LogP contribution in [0.1, 0.15) is 29.7 Å². The molecule has 1 unspecified atom stereocenters. The minimum atomic E-state index is -0.00356. The number of benzene rings is 1. The van der Waals surface area contributed by atoms with Gasteiger partial charge in [0.15, 0.2) is 0 Å². The average molecular weight is 252 g/mol. The second-order valence-electron chi connectivity index (χ2n) is 4.85. The van der Waals surface area contributed by atoms with Crippen LogP contribution in [0.25, 0.3) is 0 Å². The Hall–Kier alpha value is -2.16. The summed E-state index contributed by atoms with van der Waals surface area (Å²) in [5.41, 5.74) is 3.62. The van der Waals surface area contributed by atoms with E-state index in [1.165, 1.54) is 11.1 Å². The lowest BCUT2D eigenvalue weighted by atomic mass is 9.89. The molecule has 2 aromatic rings. The quantitative estimate of drug-likeness (QED) is 0.781. The van der Waals surface area contributed by atoms with Gasteiger partial charge < -0.3 is 4.90 Å². The molecule has 0 saturated carbocycles. The minimum absolute atomic E-state index is 0.00356. The summed E-state index contributed by atoms with van der Waals surface area (Å²) in [4.78, 5) is 18.0. The third kappa shape index (κ3) is 2.12. The highest BCUT2D eigenvalue weighted by atomic mass is 16.2. The summed E-state index contributed by atoms with van der Waals surface area (Å²) in [5, 5.41) is 0. The van der Waals surface area contributed by atoms with Gasteiger partial charge in [-0.05, 0) is 29.2 Å². The first kappa shape index (κ1) is 11.9. The number of fused-ring (bicyclic) bond motifs is 1. The number of hydrogen-bond acceptors (Lipinski definition) is 2. The molecule has 0 saturated heterocycles. The highest BCUT2D eigenvalue weighted by molar-refractivity contribution is 5.75. The van der Waals surface area contributed by atoms with E-state index in [4.69, 9.17) is 0 Å². The van der Waals surface area contributed by atoms with Crippen LogP contribution in [0.3, 0.4) is 0 Å². The van der Waals surface area contributed by atoms with E-state index in [9.17, 15) is 4.79 Å². The van der Waals surface area contributed by atoms with Crippen molar-refractivity contribution in [1.82, 2.24) is 9.88 Å². The van der Waals surface area contributed by atoms with Crippen molar-refractivity contribution in [2.45, 2.75) is 19.4 Å². The van der Waals surface area contributed by atoms with Crippen molar-refractivity contribution in [3.8, 4) is 0 Å². The molecule has 0 N–H and O–H groups in total. The molecular weight excluding hydrogens is 236 g/mol. The number of carbonyl (C=O) groups excluding carboxylic acids is 1. The van der Waals surface area contributed by atoms with Crippen molar-refractivity contribution < 1.29 is 4.79 Å². The molecule has 0 aliphatic carbocycles. The molecule has 0 bridgehead atoms. The molecular formula is C16H16N2O. The van der Waals surface area contributed by atoms with Gasteiger partial charge in [-0.1, -0.05) is 30.3 Å². The molecule has 0 spiro atoms. The topological polar surface area (TPSA) is 33.2 Å². The van der Waals surface area contributed by atoms with Crippen LogP contribution >= 0.6 is 0 Å². The molecule has 1 amide bonds. The molecule has 19 heavy (non-hydrogen) atoms. The molecule has 1 aromatic carbocycles. The molecule has 3 nitrogen and oxygen atoms in total. The first-order chi connectivity index (χ1) is 9.27. The monoisotopic (exact) mass is 252 g/mol. The molecule has 1 aromatic heterocycles. The van der Waals surface area contributed by atoms with Gasteiger partial charge in [0.2, 0.25) is 5.91 Å². The Morgan fingerprint density at radius 1 is 1.26 bits per heavy atom. The van der Waals surface area contributed by atoms with Crippen LogP contribution in [0.5, 0.6) is 0 Å². The summed E-state index contributed by atoms with van der Waals surface area (Å²) in [6.45, 7) is 2.41. The largest absolute Gasteiger partial charge is 0.331 e. The van der Waals surface area contributed by atoms with E-state index in [1.54, 1.807) is 13.1 Å². The third-order valence-electron chi connectivity index (χ3n) is 3.69. The van der Waals surface area contributed by atoms with Gasteiger partial charge in [-0.3, -0.25) is 9.78 Å². The van der Waals surface area contributed by atoms with Gasteiger partial charge >= 0.3 is 0 Å². The number of carbonyl (C=O) groups is 1. The van der Waals surface area contributed by atoms with Crippen LogP contribution in [0.2, 0.25) is 0 Å². The lowest BCUT2D eigenvalue weighted by Gasteiger charge is -2.37. The minimum Gasteiger partial charge on any atom is -0.331 e. The van der Waals surface area contributed by atoms with Crippen molar-refractivity contribution in [1.29, 1.82) is 0 Å². The number of amides is 1. The fourth-order valence-electron chi connectivity index (χ4n) is 2.80. The summed E-state index contributed by atoms with van der Waals surface area (Å²) in [6, 6.07) is 12.3. The average Bonchev–Trinajstić information content (AvgIpc) is 2.46. The predicted octanol–water partition coefficient (Wildman–Crippen LogP) is 2.58. The molecule has 2 heterocycles. The van der Waals surface area contributed by atoms with Crippen LogP contribution in [0.4, 0.5) is 0 Å². The fourth-order valence-corrected chi connectivity index (χ4v) is 2.80. The van der Waals surface area contributed by atoms with E-state index >= 15 is 0 Å². The zero-order chi connectivity index (χ0) is 13.2. The van der Waals surface area contributed by atoms with Gasteiger partial charge in [-0.15, -0.1) is 0 Å². The molecule has 96 valence electrons. The predicted molar refractivity (Wildman–Crippen MR) is 73.6 cm³/mol. The number of nitrogens with zero attached hydrogens (tertiary/aromatic N) is 2.